The number of amides is 1. The Morgan fingerprint density at radius 1 is 0.758 bits per heavy atom. The molecule has 0 aromatic heterocycles. The van der Waals surface area contributed by atoms with Crippen LogP contribution in [-0.4, -0.2) is 25.1 Å². The van der Waals surface area contributed by atoms with E-state index < -0.39 is 6.04 Å². The zero-order valence-electron chi connectivity index (χ0n) is 21.5. The number of nitrogens with one attached hydrogen (secondary N) is 1. The summed E-state index contributed by atoms with van der Waals surface area (Å²) in [6, 6.07) is 9.34. The van der Waals surface area contributed by atoms with E-state index in [1.165, 1.54) is 103 Å². The normalized spacial score (nSPS) is 12.1. The summed E-state index contributed by atoms with van der Waals surface area (Å²) in [7, 11) is 0. The zero-order chi connectivity index (χ0) is 23.8. The fourth-order valence-electron chi connectivity index (χ4n) is 4.15. The molecule has 1 amide bonds. The summed E-state index contributed by atoms with van der Waals surface area (Å²) in [5, 5.41) is 2.94. The largest absolute Gasteiger partial charge is 0.375 e. The van der Waals surface area contributed by atoms with Crippen molar-refractivity contribution in [3.8, 4) is 0 Å². The van der Waals surface area contributed by atoms with E-state index in [2.05, 4.69) is 12.2 Å². The van der Waals surface area contributed by atoms with Crippen molar-refractivity contribution in [2.45, 2.75) is 129 Å². The lowest BCUT2D eigenvalue weighted by Crippen LogP contribution is -2.43. The highest BCUT2D eigenvalue weighted by Crippen LogP contribution is 2.14. The Kier molecular flexibility index (Phi) is 20.1. The standard InChI is InChI=1S/C29H52N2O2/c1-2-3-4-5-6-7-8-9-10-11-12-13-14-15-16-17-21-24-31-29(32)28(30)26-33-25-27-22-19-18-20-23-27/h18-20,22-23,28H,2-17,21,24-26,30H2,1H3,(H,31,32)/t28-/m0/s1. The van der Waals surface area contributed by atoms with Crippen molar-refractivity contribution >= 4 is 5.91 Å². The summed E-state index contributed by atoms with van der Waals surface area (Å²) in [6.07, 6.45) is 23.2. The number of ether oxygens (including phenoxy) is 1. The van der Waals surface area contributed by atoms with Crippen molar-refractivity contribution < 1.29 is 9.53 Å². The Morgan fingerprint density at radius 2 is 1.21 bits per heavy atom. The molecule has 0 saturated heterocycles. The van der Waals surface area contributed by atoms with Crippen molar-refractivity contribution in [2.75, 3.05) is 13.2 Å². The highest BCUT2D eigenvalue weighted by Gasteiger charge is 2.12. The molecule has 0 aliphatic heterocycles. The van der Waals surface area contributed by atoms with Crippen molar-refractivity contribution in [3.63, 3.8) is 0 Å². The van der Waals surface area contributed by atoms with Gasteiger partial charge in [0.2, 0.25) is 5.91 Å². The maximum absolute atomic E-state index is 12.0. The molecule has 0 spiro atoms. The fourth-order valence-corrected chi connectivity index (χ4v) is 4.15. The Balaban J connectivity index is 1.78. The van der Waals surface area contributed by atoms with Crippen molar-refractivity contribution in [1.82, 2.24) is 5.32 Å². The Morgan fingerprint density at radius 3 is 1.70 bits per heavy atom. The molecule has 0 bridgehead atoms. The van der Waals surface area contributed by atoms with Crippen molar-refractivity contribution in [1.29, 1.82) is 0 Å². The summed E-state index contributed by atoms with van der Waals surface area (Å²) in [5.74, 6) is -0.112. The molecule has 33 heavy (non-hydrogen) atoms. The van der Waals surface area contributed by atoms with Crippen LogP contribution in [0.4, 0.5) is 0 Å². The molecule has 0 heterocycles. The second-order valence-electron chi connectivity index (χ2n) is 9.56. The number of nitrogens with two attached hydrogens (primary N) is 1. The molecule has 0 aliphatic carbocycles. The average Bonchev–Trinajstić information content (AvgIpc) is 2.83. The second-order valence-corrected chi connectivity index (χ2v) is 9.56. The van der Waals surface area contributed by atoms with Crippen LogP contribution in [0.25, 0.3) is 0 Å². The lowest BCUT2D eigenvalue weighted by atomic mass is 10.0. The maximum atomic E-state index is 12.0. The second kappa shape index (κ2) is 22.4. The molecular weight excluding hydrogens is 408 g/mol. The Hall–Kier alpha value is -1.39. The van der Waals surface area contributed by atoms with Gasteiger partial charge in [-0.2, -0.15) is 0 Å². The molecule has 4 nitrogen and oxygen atoms in total. The SMILES string of the molecule is CCCCCCCCCCCCCCCCCCCNC(=O)[C@@H](N)COCc1ccccc1. The third-order valence-corrected chi connectivity index (χ3v) is 6.33. The lowest BCUT2D eigenvalue weighted by molar-refractivity contribution is -0.123. The zero-order valence-corrected chi connectivity index (χ0v) is 21.5. The number of carbonyl (C=O) groups is 1. The van der Waals surface area contributed by atoms with E-state index in [4.69, 9.17) is 10.5 Å². The van der Waals surface area contributed by atoms with Crippen LogP contribution in [0.3, 0.4) is 0 Å². The van der Waals surface area contributed by atoms with Gasteiger partial charge in [0.05, 0.1) is 13.2 Å². The van der Waals surface area contributed by atoms with E-state index in [0.29, 0.717) is 13.2 Å². The predicted molar refractivity (Wildman–Crippen MR) is 141 cm³/mol. The minimum absolute atomic E-state index is 0.112. The van der Waals surface area contributed by atoms with Gasteiger partial charge in [-0.1, -0.05) is 140 Å². The van der Waals surface area contributed by atoms with Crippen molar-refractivity contribution in [3.05, 3.63) is 35.9 Å². The molecule has 0 aliphatic rings. The molecule has 0 fully saturated rings. The summed E-state index contributed by atoms with van der Waals surface area (Å²) in [6.45, 7) is 3.73. The van der Waals surface area contributed by atoms with Gasteiger partial charge in [0.1, 0.15) is 6.04 Å². The van der Waals surface area contributed by atoms with E-state index in [0.717, 1.165) is 12.0 Å². The van der Waals surface area contributed by atoms with E-state index in [9.17, 15) is 4.79 Å². The van der Waals surface area contributed by atoms with Crippen LogP contribution in [0.15, 0.2) is 30.3 Å². The molecular formula is C29H52N2O2. The quantitative estimate of drug-likeness (QED) is 0.168. The topological polar surface area (TPSA) is 64.4 Å². The fraction of sp³-hybridized carbons (Fsp3) is 0.759. The smallest absolute Gasteiger partial charge is 0.239 e. The molecule has 0 radical (unpaired) electrons. The highest BCUT2D eigenvalue weighted by atomic mass is 16.5. The first-order valence-electron chi connectivity index (χ1n) is 13.9. The van der Waals surface area contributed by atoms with Gasteiger partial charge in [0.15, 0.2) is 0 Å². The third-order valence-electron chi connectivity index (χ3n) is 6.33. The highest BCUT2D eigenvalue weighted by molar-refractivity contribution is 5.81. The van der Waals surface area contributed by atoms with Gasteiger partial charge < -0.3 is 15.8 Å². The molecule has 190 valence electrons. The average molecular weight is 461 g/mol. The molecule has 3 N–H and O–H groups in total. The number of carbonyl (C=O) groups excluding carboxylic acids is 1. The van der Waals surface area contributed by atoms with Gasteiger partial charge in [-0.25, -0.2) is 0 Å². The minimum atomic E-state index is -0.598. The first-order valence-corrected chi connectivity index (χ1v) is 13.9. The molecule has 1 aromatic rings. The van der Waals surface area contributed by atoms with Crippen LogP contribution in [0.1, 0.15) is 122 Å². The Bertz CT molecular complexity index is 550. The van der Waals surface area contributed by atoms with E-state index in [1.807, 2.05) is 30.3 Å². The first kappa shape index (κ1) is 29.6. The summed E-state index contributed by atoms with van der Waals surface area (Å²) >= 11 is 0. The van der Waals surface area contributed by atoms with Gasteiger partial charge in [-0.15, -0.1) is 0 Å². The molecule has 1 rings (SSSR count). The van der Waals surface area contributed by atoms with Crippen LogP contribution in [0, 0.1) is 0 Å². The molecule has 1 aromatic carbocycles. The molecule has 0 saturated carbocycles. The lowest BCUT2D eigenvalue weighted by Gasteiger charge is -2.13. The van der Waals surface area contributed by atoms with Gasteiger partial charge in [0, 0.05) is 6.54 Å². The van der Waals surface area contributed by atoms with Crippen LogP contribution in [-0.2, 0) is 16.1 Å². The Labute approximate surface area is 204 Å². The predicted octanol–water partition coefficient (Wildman–Crippen LogP) is 7.30. The molecule has 0 unspecified atom stereocenters. The van der Waals surface area contributed by atoms with Crippen molar-refractivity contribution in [2.24, 2.45) is 5.73 Å². The number of rotatable bonds is 23. The van der Waals surface area contributed by atoms with Gasteiger partial charge >= 0.3 is 0 Å². The summed E-state index contributed by atoms with van der Waals surface area (Å²) < 4.78 is 5.56. The van der Waals surface area contributed by atoms with Gasteiger partial charge in [-0.05, 0) is 12.0 Å². The number of unbranched alkanes of at least 4 members (excludes halogenated alkanes) is 16. The number of hydrogen-bond donors (Lipinski definition) is 2. The number of benzene rings is 1. The van der Waals surface area contributed by atoms with E-state index in [1.54, 1.807) is 0 Å². The van der Waals surface area contributed by atoms with Crippen LogP contribution in [0.2, 0.25) is 0 Å². The van der Waals surface area contributed by atoms with E-state index in [-0.39, 0.29) is 12.5 Å². The summed E-state index contributed by atoms with van der Waals surface area (Å²) in [5.41, 5.74) is 7.01. The number of hydrogen-bond acceptors (Lipinski definition) is 3. The third kappa shape index (κ3) is 18.7. The van der Waals surface area contributed by atoms with Crippen LogP contribution >= 0.6 is 0 Å². The van der Waals surface area contributed by atoms with Crippen LogP contribution in [0.5, 0.6) is 0 Å². The molecule has 4 heteroatoms. The summed E-state index contributed by atoms with van der Waals surface area (Å²) in [4.78, 5) is 12.0. The van der Waals surface area contributed by atoms with Gasteiger partial charge in [0.25, 0.3) is 0 Å². The van der Waals surface area contributed by atoms with Gasteiger partial charge in [-0.3, -0.25) is 4.79 Å². The maximum Gasteiger partial charge on any atom is 0.239 e. The monoisotopic (exact) mass is 460 g/mol. The van der Waals surface area contributed by atoms with E-state index >= 15 is 0 Å². The molecule has 1 atom stereocenters. The minimum Gasteiger partial charge on any atom is -0.375 e. The van der Waals surface area contributed by atoms with Crippen LogP contribution < -0.4 is 11.1 Å². The first-order chi connectivity index (χ1) is 16.2.